The van der Waals surface area contributed by atoms with Crippen molar-refractivity contribution in [3.05, 3.63) is 53.3 Å². The van der Waals surface area contributed by atoms with Crippen LogP contribution in [-0.2, 0) is 9.53 Å². The largest absolute Gasteiger partial charge is 0.478 e. The molecule has 138 valence electrons. The predicted octanol–water partition coefficient (Wildman–Crippen LogP) is 2.85. The number of rotatable bonds is 6. The third-order valence-corrected chi connectivity index (χ3v) is 4.21. The van der Waals surface area contributed by atoms with Gasteiger partial charge in [0.25, 0.3) is 5.91 Å². The van der Waals surface area contributed by atoms with E-state index < -0.39 is 11.9 Å². The van der Waals surface area contributed by atoms with E-state index in [4.69, 9.17) is 14.3 Å². The van der Waals surface area contributed by atoms with Crippen LogP contribution in [0.5, 0.6) is 0 Å². The van der Waals surface area contributed by atoms with Gasteiger partial charge in [-0.25, -0.2) is 4.79 Å². The van der Waals surface area contributed by atoms with Gasteiger partial charge in [-0.15, -0.1) is 0 Å². The van der Waals surface area contributed by atoms with Crippen LogP contribution in [0.3, 0.4) is 0 Å². The SMILES string of the molecule is N#C/C(=C/c1ccc(-c2ccc(C(=O)O)cc2)o1)C(=O)NC[C@H]1CCCO1. The van der Waals surface area contributed by atoms with Gasteiger partial charge in [0.15, 0.2) is 0 Å². The summed E-state index contributed by atoms with van der Waals surface area (Å²) in [7, 11) is 0. The number of aromatic carboxylic acids is 1. The van der Waals surface area contributed by atoms with Gasteiger partial charge in [0.2, 0.25) is 0 Å². The zero-order valence-corrected chi connectivity index (χ0v) is 14.5. The van der Waals surface area contributed by atoms with E-state index in [1.54, 1.807) is 24.3 Å². The molecule has 0 spiro atoms. The molecule has 1 saturated heterocycles. The van der Waals surface area contributed by atoms with E-state index in [0.29, 0.717) is 30.2 Å². The summed E-state index contributed by atoms with van der Waals surface area (Å²) in [4.78, 5) is 23.1. The van der Waals surface area contributed by atoms with Gasteiger partial charge < -0.3 is 19.6 Å². The first kappa shape index (κ1) is 18.4. The second-order valence-corrected chi connectivity index (χ2v) is 6.10. The monoisotopic (exact) mass is 366 g/mol. The third kappa shape index (κ3) is 4.63. The van der Waals surface area contributed by atoms with Crippen LogP contribution in [-0.4, -0.2) is 36.2 Å². The van der Waals surface area contributed by atoms with Crippen LogP contribution in [0.2, 0.25) is 0 Å². The number of hydrogen-bond donors (Lipinski definition) is 2. The van der Waals surface area contributed by atoms with Gasteiger partial charge in [-0.1, -0.05) is 12.1 Å². The maximum Gasteiger partial charge on any atom is 0.335 e. The van der Waals surface area contributed by atoms with Gasteiger partial charge in [0.05, 0.1) is 11.7 Å². The second kappa shape index (κ2) is 8.34. The Balaban J connectivity index is 1.69. The number of amides is 1. The maximum atomic E-state index is 12.2. The van der Waals surface area contributed by atoms with Crippen LogP contribution >= 0.6 is 0 Å². The van der Waals surface area contributed by atoms with E-state index in [1.165, 1.54) is 18.2 Å². The Morgan fingerprint density at radius 1 is 1.26 bits per heavy atom. The number of ether oxygens (including phenoxy) is 1. The highest BCUT2D eigenvalue weighted by atomic mass is 16.5. The van der Waals surface area contributed by atoms with E-state index in [-0.39, 0.29) is 17.2 Å². The fourth-order valence-corrected chi connectivity index (χ4v) is 2.76. The van der Waals surface area contributed by atoms with Crippen LogP contribution in [0.4, 0.5) is 0 Å². The minimum absolute atomic E-state index is 0.00196. The van der Waals surface area contributed by atoms with Crippen molar-refractivity contribution in [2.45, 2.75) is 18.9 Å². The van der Waals surface area contributed by atoms with Crippen molar-refractivity contribution in [3.8, 4) is 17.4 Å². The molecule has 0 bridgehead atoms. The summed E-state index contributed by atoms with van der Waals surface area (Å²) in [5.74, 6) is -0.611. The van der Waals surface area contributed by atoms with Crippen molar-refractivity contribution >= 4 is 18.0 Å². The highest BCUT2D eigenvalue weighted by Crippen LogP contribution is 2.24. The summed E-state index contributed by atoms with van der Waals surface area (Å²) < 4.78 is 11.1. The van der Waals surface area contributed by atoms with Crippen LogP contribution in [0, 0.1) is 11.3 Å². The lowest BCUT2D eigenvalue weighted by atomic mass is 10.1. The molecule has 1 aliphatic heterocycles. The Labute approximate surface area is 155 Å². The summed E-state index contributed by atoms with van der Waals surface area (Å²) in [6, 6.07) is 11.4. The van der Waals surface area contributed by atoms with Crippen molar-refractivity contribution in [1.29, 1.82) is 5.26 Å². The van der Waals surface area contributed by atoms with Crippen molar-refractivity contribution in [2.24, 2.45) is 0 Å². The van der Waals surface area contributed by atoms with Crippen LogP contribution in [0.15, 0.2) is 46.4 Å². The molecule has 2 heterocycles. The maximum absolute atomic E-state index is 12.2. The molecule has 2 aromatic rings. The Hall–Kier alpha value is -3.37. The van der Waals surface area contributed by atoms with Crippen LogP contribution in [0.1, 0.15) is 29.0 Å². The van der Waals surface area contributed by atoms with Crippen molar-refractivity contribution in [1.82, 2.24) is 5.32 Å². The van der Waals surface area contributed by atoms with Gasteiger partial charge in [-0.3, -0.25) is 4.79 Å². The molecule has 0 radical (unpaired) electrons. The lowest BCUT2D eigenvalue weighted by Gasteiger charge is -2.09. The smallest absolute Gasteiger partial charge is 0.335 e. The number of nitriles is 1. The van der Waals surface area contributed by atoms with Crippen LogP contribution < -0.4 is 5.32 Å². The summed E-state index contributed by atoms with van der Waals surface area (Å²) in [5.41, 5.74) is 0.816. The molecule has 2 N–H and O–H groups in total. The molecule has 0 saturated carbocycles. The summed E-state index contributed by atoms with van der Waals surface area (Å²) in [6.07, 6.45) is 3.25. The van der Waals surface area contributed by atoms with E-state index in [9.17, 15) is 14.9 Å². The lowest BCUT2D eigenvalue weighted by Crippen LogP contribution is -2.32. The Kier molecular flexibility index (Phi) is 5.69. The summed E-state index contributed by atoms with van der Waals surface area (Å²) in [6.45, 7) is 1.07. The standard InChI is InChI=1S/C20H18N2O5/c21-11-15(19(23)22-12-17-2-1-9-26-17)10-16-7-8-18(27-16)13-3-5-14(6-4-13)20(24)25/h3-8,10,17H,1-2,9,12H2,(H,22,23)(H,24,25)/b15-10-/t17-/m1/s1. The zero-order chi connectivity index (χ0) is 19.2. The second-order valence-electron chi connectivity index (χ2n) is 6.10. The number of benzene rings is 1. The first-order chi connectivity index (χ1) is 13.1. The number of carbonyl (C=O) groups excluding carboxylic acids is 1. The first-order valence-corrected chi connectivity index (χ1v) is 8.52. The average molecular weight is 366 g/mol. The Morgan fingerprint density at radius 3 is 2.67 bits per heavy atom. The highest BCUT2D eigenvalue weighted by Gasteiger charge is 2.18. The zero-order valence-electron chi connectivity index (χ0n) is 14.5. The topological polar surface area (TPSA) is 113 Å². The molecule has 7 heteroatoms. The van der Waals surface area contributed by atoms with Crippen molar-refractivity contribution in [2.75, 3.05) is 13.2 Å². The molecule has 0 aliphatic carbocycles. The molecule has 1 fully saturated rings. The number of carbonyl (C=O) groups is 2. The molecule has 27 heavy (non-hydrogen) atoms. The lowest BCUT2D eigenvalue weighted by molar-refractivity contribution is -0.117. The summed E-state index contributed by atoms with van der Waals surface area (Å²) >= 11 is 0. The van der Waals surface area contributed by atoms with E-state index in [0.717, 1.165) is 12.8 Å². The fourth-order valence-electron chi connectivity index (χ4n) is 2.76. The molecular formula is C20H18N2O5. The minimum Gasteiger partial charge on any atom is -0.478 e. The van der Waals surface area contributed by atoms with Gasteiger partial charge in [-0.05, 0) is 37.1 Å². The Morgan fingerprint density at radius 2 is 2.04 bits per heavy atom. The van der Waals surface area contributed by atoms with Gasteiger partial charge in [0.1, 0.15) is 23.2 Å². The fraction of sp³-hybridized carbons (Fsp3) is 0.250. The van der Waals surface area contributed by atoms with E-state index in [2.05, 4.69) is 5.32 Å². The molecule has 7 nitrogen and oxygen atoms in total. The first-order valence-electron chi connectivity index (χ1n) is 8.52. The molecule has 1 amide bonds. The molecule has 1 atom stereocenters. The highest BCUT2D eigenvalue weighted by molar-refractivity contribution is 6.01. The molecule has 1 aromatic carbocycles. The number of furan rings is 1. The third-order valence-electron chi connectivity index (χ3n) is 4.21. The van der Waals surface area contributed by atoms with Gasteiger partial charge in [-0.2, -0.15) is 5.26 Å². The van der Waals surface area contributed by atoms with Crippen molar-refractivity contribution < 1.29 is 23.8 Å². The van der Waals surface area contributed by atoms with Crippen molar-refractivity contribution in [3.63, 3.8) is 0 Å². The molecule has 1 aromatic heterocycles. The molecule has 1 aliphatic rings. The molecule has 3 rings (SSSR count). The van der Waals surface area contributed by atoms with Gasteiger partial charge in [0, 0.05) is 24.8 Å². The summed E-state index contributed by atoms with van der Waals surface area (Å²) in [5, 5.41) is 20.9. The average Bonchev–Trinajstić information content (AvgIpc) is 3.36. The molecular weight excluding hydrogens is 348 g/mol. The quantitative estimate of drug-likeness (QED) is 0.600. The van der Waals surface area contributed by atoms with E-state index in [1.807, 2.05) is 6.07 Å². The van der Waals surface area contributed by atoms with E-state index >= 15 is 0 Å². The number of nitrogens with zero attached hydrogens (tertiary/aromatic N) is 1. The molecule has 0 unspecified atom stereocenters. The predicted molar refractivity (Wildman–Crippen MR) is 96.7 cm³/mol. The van der Waals surface area contributed by atoms with Gasteiger partial charge >= 0.3 is 5.97 Å². The number of carboxylic acids is 1. The normalized spacial score (nSPS) is 16.7. The Bertz CT molecular complexity index is 899. The van der Waals surface area contributed by atoms with Crippen LogP contribution in [0.25, 0.3) is 17.4 Å². The minimum atomic E-state index is -1.00. The number of nitrogens with one attached hydrogen (secondary N) is 1. The number of carboxylic acid groups (broad SMARTS) is 1. The number of hydrogen-bond acceptors (Lipinski definition) is 5.